The highest BCUT2D eigenvalue weighted by Gasteiger charge is 2.23. The molecule has 1 atom stereocenters. The summed E-state index contributed by atoms with van der Waals surface area (Å²) in [5.74, 6) is -0.664. The molecule has 0 bridgehead atoms. The van der Waals surface area contributed by atoms with Crippen LogP contribution in [0.2, 0.25) is 0 Å². The van der Waals surface area contributed by atoms with Crippen molar-refractivity contribution in [1.29, 1.82) is 0 Å². The lowest BCUT2D eigenvalue weighted by atomic mass is 10.00. The van der Waals surface area contributed by atoms with Crippen molar-refractivity contribution in [3.63, 3.8) is 0 Å². The first kappa shape index (κ1) is 17.6. The predicted molar refractivity (Wildman–Crippen MR) is 102 cm³/mol. The standard InChI is InChI=1S/C23H20O3/c1-2-21(26-23(25)20-11-7-4-8-12-20)22(24)19-15-13-18(14-16-19)17-9-5-3-6-10-17/h3-16,21H,2H2,1H3. The molecule has 0 N–H and O–H groups in total. The molecule has 1 unspecified atom stereocenters. The molecule has 0 fully saturated rings. The number of hydrogen-bond acceptors (Lipinski definition) is 3. The van der Waals surface area contributed by atoms with E-state index in [1.165, 1.54) is 0 Å². The summed E-state index contributed by atoms with van der Waals surface area (Å²) in [6.45, 7) is 1.83. The molecule has 0 aromatic heterocycles. The van der Waals surface area contributed by atoms with Crippen LogP contribution in [0.1, 0.15) is 34.1 Å². The molecule has 26 heavy (non-hydrogen) atoms. The van der Waals surface area contributed by atoms with Crippen molar-refractivity contribution in [1.82, 2.24) is 0 Å². The van der Waals surface area contributed by atoms with Gasteiger partial charge in [0, 0.05) is 5.56 Å². The van der Waals surface area contributed by atoms with E-state index in [0.29, 0.717) is 17.5 Å². The van der Waals surface area contributed by atoms with Gasteiger partial charge in [-0.2, -0.15) is 0 Å². The topological polar surface area (TPSA) is 43.4 Å². The maximum absolute atomic E-state index is 12.7. The van der Waals surface area contributed by atoms with Crippen LogP contribution in [-0.2, 0) is 4.74 Å². The molecule has 0 spiro atoms. The minimum atomic E-state index is -0.787. The SMILES string of the molecule is CCC(OC(=O)c1ccccc1)C(=O)c1ccc(-c2ccccc2)cc1. The Kier molecular flexibility index (Phi) is 5.59. The Balaban J connectivity index is 1.73. The Bertz CT molecular complexity index is 868. The summed E-state index contributed by atoms with van der Waals surface area (Å²) in [5.41, 5.74) is 3.11. The maximum Gasteiger partial charge on any atom is 0.338 e. The van der Waals surface area contributed by atoms with Gasteiger partial charge in [0.1, 0.15) is 0 Å². The molecule has 3 aromatic rings. The summed E-state index contributed by atoms with van der Waals surface area (Å²) in [5, 5.41) is 0. The molecule has 0 heterocycles. The van der Waals surface area contributed by atoms with Crippen LogP contribution in [0.5, 0.6) is 0 Å². The van der Waals surface area contributed by atoms with Crippen LogP contribution in [0, 0.1) is 0 Å². The summed E-state index contributed by atoms with van der Waals surface area (Å²) in [6, 6.07) is 26.1. The quantitative estimate of drug-likeness (QED) is 0.457. The molecule has 3 nitrogen and oxygen atoms in total. The van der Waals surface area contributed by atoms with Crippen LogP contribution in [0.25, 0.3) is 11.1 Å². The van der Waals surface area contributed by atoms with Crippen molar-refractivity contribution in [3.05, 3.63) is 96.1 Å². The Morgan fingerprint density at radius 1 is 0.731 bits per heavy atom. The van der Waals surface area contributed by atoms with E-state index in [4.69, 9.17) is 4.74 Å². The predicted octanol–water partition coefficient (Wildman–Crippen LogP) is 5.17. The largest absolute Gasteiger partial charge is 0.450 e. The summed E-state index contributed by atoms with van der Waals surface area (Å²) >= 11 is 0. The molecule has 0 saturated heterocycles. The van der Waals surface area contributed by atoms with Crippen molar-refractivity contribution < 1.29 is 14.3 Å². The molecular formula is C23H20O3. The average Bonchev–Trinajstić information content (AvgIpc) is 2.72. The minimum absolute atomic E-state index is 0.184. The van der Waals surface area contributed by atoms with Crippen molar-refractivity contribution >= 4 is 11.8 Å². The Morgan fingerprint density at radius 2 is 1.27 bits per heavy atom. The second kappa shape index (κ2) is 8.26. The van der Waals surface area contributed by atoms with Crippen LogP contribution < -0.4 is 0 Å². The molecule has 3 aromatic carbocycles. The molecular weight excluding hydrogens is 324 g/mol. The fraction of sp³-hybridized carbons (Fsp3) is 0.130. The highest BCUT2D eigenvalue weighted by Crippen LogP contribution is 2.20. The van der Waals surface area contributed by atoms with Gasteiger partial charge < -0.3 is 4.74 Å². The first-order valence-corrected chi connectivity index (χ1v) is 8.64. The second-order valence-corrected chi connectivity index (χ2v) is 5.98. The maximum atomic E-state index is 12.7. The zero-order valence-electron chi connectivity index (χ0n) is 14.6. The van der Waals surface area contributed by atoms with Crippen molar-refractivity contribution in [3.8, 4) is 11.1 Å². The molecule has 130 valence electrons. The van der Waals surface area contributed by atoms with E-state index in [1.54, 1.807) is 36.4 Å². The van der Waals surface area contributed by atoms with Gasteiger partial charge >= 0.3 is 5.97 Å². The Morgan fingerprint density at radius 3 is 1.85 bits per heavy atom. The van der Waals surface area contributed by atoms with E-state index in [-0.39, 0.29) is 5.78 Å². The van der Waals surface area contributed by atoms with E-state index in [2.05, 4.69) is 0 Å². The zero-order valence-corrected chi connectivity index (χ0v) is 14.6. The lowest BCUT2D eigenvalue weighted by Crippen LogP contribution is -2.26. The van der Waals surface area contributed by atoms with Gasteiger partial charge in [-0.15, -0.1) is 0 Å². The number of ketones is 1. The van der Waals surface area contributed by atoms with Crippen molar-refractivity contribution in [2.24, 2.45) is 0 Å². The molecule has 3 rings (SSSR count). The summed E-state index contributed by atoms with van der Waals surface area (Å²) < 4.78 is 5.43. The highest BCUT2D eigenvalue weighted by atomic mass is 16.5. The van der Waals surface area contributed by atoms with Gasteiger partial charge in [0.25, 0.3) is 0 Å². The van der Waals surface area contributed by atoms with Crippen molar-refractivity contribution in [2.75, 3.05) is 0 Å². The van der Waals surface area contributed by atoms with Gasteiger partial charge in [0.05, 0.1) is 5.56 Å². The second-order valence-electron chi connectivity index (χ2n) is 5.98. The van der Waals surface area contributed by atoms with Gasteiger partial charge in [-0.05, 0) is 29.7 Å². The van der Waals surface area contributed by atoms with Gasteiger partial charge in [-0.25, -0.2) is 4.79 Å². The van der Waals surface area contributed by atoms with Gasteiger partial charge in [-0.1, -0.05) is 79.7 Å². The summed E-state index contributed by atoms with van der Waals surface area (Å²) in [7, 11) is 0. The van der Waals surface area contributed by atoms with Crippen LogP contribution in [0.15, 0.2) is 84.9 Å². The van der Waals surface area contributed by atoms with Crippen LogP contribution in [-0.4, -0.2) is 17.9 Å². The van der Waals surface area contributed by atoms with Crippen LogP contribution in [0.4, 0.5) is 0 Å². The minimum Gasteiger partial charge on any atom is -0.450 e. The third kappa shape index (κ3) is 4.06. The monoisotopic (exact) mass is 344 g/mol. The summed E-state index contributed by atoms with van der Waals surface area (Å²) in [6.07, 6.45) is -0.358. The lowest BCUT2D eigenvalue weighted by molar-refractivity contribution is 0.0277. The first-order valence-electron chi connectivity index (χ1n) is 8.64. The molecule has 0 aliphatic carbocycles. The van der Waals surface area contributed by atoms with Gasteiger partial charge in [0.15, 0.2) is 6.10 Å². The van der Waals surface area contributed by atoms with Gasteiger partial charge in [0.2, 0.25) is 5.78 Å². The van der Waals surface area contributed by atoms with E-state index < -0.39 is 12.1 Å². The van der Waals surface area contributed by atoms with Gasteiger partial charge in [-0.3, -0.25) is 4.79 Å². The van der Waals surface area contributed by atoms with E-state index >= 15 is 0 Å². The summed E-state index contributed by atoms with van der Waals surface area (Å²) in [4.78, 5) is 24.9. The number of carbonyl (C=O) groups is 2. The van der Waals surface area contributed by atoms with Crippen LogP contribution >= 0.6 is 0 Å². The fourth-order valence-electron chi connectivity index (χ4n) is 2.74. The first-order chi connectivity index (χ1) is 12.7. The normalized spacial score (nSPS) is 11.6. The highest BCUT2D eigenvalue weighted by molar-refractivity contribution is 6.01. The Labute approximate surface area is 153 Å². The number of esters is 1. The number of rotatable bonds is 6. The lowest BCUT2D eigenvalue weighted by Gasteiger charge is -2.15. The molecule has 0 aliphatic heterocycles. The van der Waals surface area contributed by atoms with E-state index in [0.717, 1.165) is 11.1 Å². The molecule has 0 aliphatic rings. The number of benzene rings is 3. The number of carbonyl (C=O) groups excluding carboxylic acids is 2. The smallest absolute Gasteiger partial charge is 0.338 e. The molecule has 0 saturated carbocycles. The third-order valence-electron chi connectivity index (χ3n) is 4.20. The van der Waals surface area contributed by atoms with Crippen molar-refractivity contribution in [2.45, 2.75) is 19.4 Å². The Hall–Kier alpha value is -3.20. The molecule has 0 amide bonds. The van der Waals surface area contributed by atoms with E-state index in [9.17, 15) is 9.59 Å². The zero-order chi connectivity index (χ0) is 18.4. The molecule has 0 radical (unpaired) electrons. The van der Waals surface area contributed by atoms with Crippen LogP contribution in [0.3, 0.4) is 0 Å². The number of ether oxygens (including phenoxy) is 1. The van der Waals surface area contributed by atoms with E-state index in [1.807, 2.05) is 55.5 Å². The fourth-order valence-corrected chi connectivity index (χ4v) is 2.74. The number of Topliss-reactive ketones (excluding diaryl/α,β-unsaturated/α-hetero) is 1. The average molecular weight is 344 g/mol. The number of hydrogen-bond donors (Lipinski definition) is 0. The third-order valence-corrected chi connectivity index (χ3v) is 4.20. The molecule has 3 heteroatoms.